The van der Waals surface area contributed by atoms with Gasteiger partial charge in [-0.2, -0.15) is 4.31 Å². The topological polar surface area (TPSA) is 66.5 Å². The predicted molar refractivity (Wildman–Crippen MR) is 118 cm³/mol. The van der Waals surface area contributed by atoms with E-state index >= 15 is 0 Å². The number of nitrogens with one attached hydrogen (secondary N) is 1. The van der Waals surface area contributed by atoms with Crippen LogP contribution in [0.4, 0.5) is 0 Å². The van der Waals surface area contributed by atoms with Gasteiger partial charge < -0.3 is 5.32 Å². The second-order valence-electron chi connectivity index (χ2n) is 8.82. The average molecular weight is 435 g/mol. The van der Waals surface area contributed by atoms with Crippen molar-refractivity contribution in [2.24, 2.45) is 0 Å². The van der Waals surface area contributed by atoms with Gasteiger partial charge in [0.2, 0.25) is 10.0 Å². The van der Waals surface area contributed by atoms with Crippen LogP contribution in [0.1, 0.15) is 60.0 Å². The number of carbonyl (C=O) groups excluding carboxylic acids is 1. The molecule has 1 aromatic carbocycles. The maximum Gasteiger partial charge on any atom is 0.261 e. The Morgan fingerprint density at radius 1 is 1.14 bits per heavy atom. The molecule has 0 bridgehead atoms. The molecule has 2 aromatic rings. The van der Waals surface area contributed by atoms with E-state index in [-0.39, 0.29) is 17.4 Å². The van der Waals surface area contributed by atoms with Crippen LogP contribution in [0.15, 0.2) is 34.5 Å². The Bertz CT molecular complexity index is 959. The molecule has 3 rings (SSSR count). The minimum Gasteiger partial charge on any atom is -0.349 e. The first-order valence-corrected chi connectivity index (χ1v) is 12.3. The van der Waals surface area contributed by atoms with Crippen molar-refractivity contribution >= 4 is 27.3 Å². The molecule has 0 aliphatic carbocycles. The van der Waals surface area contributed by atoms with Crippen LogP contribution in [-0.4, -0.2) is 37.8 Å². The third-order valence-corrected chi connectivity index (χ3v) is 8.53. The SMILES string of the molecule is Cc1cc(C(C)(C)C)cc(C)c1S(=O)(=O)N1CCC(NC(=O)c2cccs2)CC1. The molecule has 7 heteroatoms. The lowest BCUT2D eigenvalue weighted by Crippen LogP contribution is -2.46. The summed E-state index contributed by atoms with van der Waals surface area (Å²) in [5.41, 5.74) is 2.70. The van der Waals surface area contributed by atoms with Crippen molar-refractivity contribution in [3.63, 3.8) is 0 Å². The van der Waals surface area contributed by atoms with Gasteiger partial charge in [0, 0.05) is 19.1 Å². The number of nitrogens with zero attached hydrogens (tertiary/aromatic N) is 1. The fourth-order valence-electron chi connectivity index (χ4n) is 3.82. The number of rotatable bonds is 4. The molecule has 5 nitrogen and oxygen atoms in total. The molecule has 29 heavy (non-hydrogen) atoms. The van der Waals surface area contributed by atoms with E-state index in [1.807, 2.05) is 37.4 Å². The van der Waals surface area contributed by atoms with E-state index in [9.17, 15) is 13.2 Å². The molecule has 1 fully saturated rings. The van der Waals surface area contributed by atoms with E-state index in [1.165, 1.54) is 11.3 Å². The molecular formula is C22H30N2O3S2. The van der Waals surface area contributed by atoms with Crippen LogP contribution in [0, 0.1) is 13.8 Å². The standard InChI is InChI=1S/C22H30N2O3S2/c1-15-13-17(22(3,4)5)14-16(2)20(15)29(26,27)24-10-8-18(9-11-24)23-21(25)19-7-6-12-28-19/h6-7,12-14,18H,8-11H2,1-5H3,(H,23,25). The molecule has 1 N–H and O–H groups in total. The lowest BCUT2D eigenvalue weighted by atomic mass is 9.85. The summed E-state index contributed by atoms with van der Waals surface area (Å²) in [6.45, 7) is 11.0. The molecule has 158 valence electrons. The van der Waals surface area contributed by atoms with Gasteiger partial charge in [-0.1, -0.05) is 39.0 Å². The lowest BCUT2D eigenvalue weighted by Gasteiger charge is -2.32. The van der Waals surface area contributed by atoms with E-state index in [2.05, 4.69) is 26.1 Å². The van der Waals surface area contributed by atoms with Crippen LogP contribution in [-0.2, 0) is 15.4 Å². The van der Waals surface area contributed by atoms with Crippen molar-refractivity contribution in [1.82, 2.24) is 9.62 Å². The van der Waals surface area contributed by atoms with Crippen LogP contribution in [0.3, 0.4) is 0 Å². The minimum absolute atomic E-state index is 0.00140. The van der Waals surface area contributed by atoms with Gasteiger partial charge in [0.1, 0.15) is 0 Å². The highest BCUT2D eigenvalue weighted by atomic mass is 32.2. The number of hydrogen-bond acceptors (Lipinski definition) is 4. The number of piperidine rings is 1. The van der Waals surface area contributed by atoms with Gasteiger partial charge >= 0.3 is 0 Å². The second kappa shape index (κ2) is 8.20. The normalized spacial score (nSPS) is 16.7. The zero-order valence-corrected chi connectivity index (χ0v) is 19.4. The lowest BCUT2D eigenvalue weighted by molar-refractivity contribution is 0.0928. The summed E-state index contributed by atoms with van der Waals surface area (Å²) >= 11 is 1.41. The summed E-state index contributed by atoms with van der Waals surface area (Å²) in [7, 11) is -3.56. The van der Waals surface area contributed by atoms with Crippen molar-refractivity contribution in [3.05, 3.63) is 51.2 Å². The van der Waals surface area contributed by atoms with Crippen LogP contribution in [0.5, 0.6) is 0 Å². The fraction of sp³-hybridized carbons (Fsp3) is 0.500. The maximum absolute atomic E-state index is 13.3. The van der Waals surface area contributed by atoms with Gasteiger partial charge in [-0.15, -0.1) is 11.3 Å². The zero-order valence-electron chi connectivity index (χ0n) is 17.8. The smallest absolute Gasteiger partial charge is 0.261 e. The summed E-state index contributed by atoms with van der Waals surface area (Å²) in [5, 5.41) is 4.90. The van der Waals surface area contributed by atoms with Gasteiger partial charge in [0.25, 0.3) is 5.91 Å². The Balaban J connectivity index is 1.73. The van der Waals surface area contributed by atoms with Crippen LogP contribution >= 0.6 is 11.3 Å². The quantitative estimate of drug-likeness (QED) is 0.782. The number of amides is 1. The molecule has 1 saturated heterocycles. The molecule has 0 radical (unpaired) electrons. The molecule has 2 heterocycles. The molecule has 0 unspecified atom stereocenters. The van der Waals surface area contributed by atoms with Gasteiger partial charge in [-0.3, -0.25) is 4.79 Å². The third-order valence-electron chi connectivity index (χ3n) is 5.46. The fourth-order valence-corrected chi connectivity index (χ4v) is 6.33. The van der Waals surface area contributed by atoms with Gasteiger partial charge in [-0.25, -0.2) is 8.42 Å². The number of thiophene rings is 1. The average Bonchev–Trinajstić information content (AvgIpc) is 3.15. The van der Waals surface area contributed by atoms with E-state index in [0.29, 0.717) is 35.7 Å². The molecule has 0 atom stereocenters. The predicted octanol–water partition coefficient (Wildman–Crippen LogP) is 4.25. The first kappa shape index (κ1) is 22.0. The number of aryl methyl sites for hydroxylation is 2. The second-order valence-corrected chi connectivity index (χ2v) is 11.6. The van der Waals surface area contributed by atoms with Gasteiger partial charge in [-0.05, 0) is 60.2 Å². The minimum atomic E-state index is -3.56. The third kappa shape index (κ3) is 4.73. The summed E-state index contributed by atoms with van der Waals surface area (Å²) in [6.07, 6.45) is 1.24. The highest BCUT2D eigenvalue weighted by molar-refractivity contribution is 7.89. The number of hydrogen-bond donors (Lipinski definition) is 1. The summed E-state index contributed by atoms with van der Waals surface area (Å²) in [6, 6.07) is 7.64. The van der Waals surface area contributed by atoms with E-state index < -0.39 is 10.0 Å². The van der Waals surface area contributed by atoms with Crippen molar-refractivity contribution < 1.29 is 13.2 Å². The Hall–Kier alpha value is -1.70. The van der Waals surface area contributed by atoms with E-state index in [1.54, 1.807) is 10.4 Å². The van der Waals surface area contributed by atoms with Crippen molar-refractivity contribution in [3.8, 4) is 0 Å². The van der Waals surface area contributed by atoms with Crippen molar-refractivity contribution in [1.29, 1.82) is 0 Å². The maximum atomic E-state index is 13.3. The molecule has 1 aliphatic rings. The Morgan fingerprint density at radius 3 is 2.21 bits per heavy atom. The van der Waals surface area contributed by atoms with Crippen molar-refractivity contribution in [2.75, 3.05) is 13.1 Å². The van der Waals surface area contributed by atoms with Crippen LogP contribution < -0.4 is 5.32 Å². The van der Waals surface area contributed by atoms with Crippen LogP contribution in [0.2, 0.25) is 0 Å². The Kier molecular flexibility index (Phi) is 6.22. The molecule has 1 amide bonds. The van der Waals surface area contributed by atoms with Crippen LogP contribution in [0.25, 0.3) is 0 Å². The highest BCUT2D eigenvalue weighted by Gasteiger charge is 2.32. The molecule has 1 aromatic heterocycles. The summed E-state index contributed by atoms with van der Waals surface area (Å²) in [4.78, 5) is 13.4. The molecule has 0 spiro atoms. The zero-order chi connectivity index (χ0) is 21.4. The number of sulfonamides is 1. The Labute approximate surface area is 178 Å². The number of benzene rings is 1. The van der Waals surface area contributed by atoms with Crippen molar-refractivity contribution in [2.45, 2.75) is 63.8 Å². The van der Waals surface area contributed by atoms with E-state index in [0.717, 1.165) is 16.7 Å². The van der Waals surface area contributed by atoms with Gasteiger partial charge in [0.05, 0.1) is 9.77 Å². The largest absolute Gasteiger partial charge is 0.349 e. The molecule has 1 aliphatic heterocycles. The summed E-state index contributed by atoms with van der Waals surface area (Å²) in [5.74, 6) is -0.0780. The number of carbonyl (C=O) groups is 1. The van der Waals surface area contributed by atoms with E-state index in [4.69, 9.17) is 0 Å². The Morgan fingerprint density at radius 2 is 1.72 bits per heavy atom. The first-order chi connectivity index (χ1) is 13.5. The monoisotopic (exact) mass is 434 g/mol. The molecular weight excluding hydrogens is 404 g/mol. The molecule has 0 saturated carbocycles. The summed E-state index contributed by atoms with van der Waals surface area (Å²) < 4.78 is 28.3. The first-order valence-electron chi connectivity index (χ1n) is 9.96. The highest BCUT2D eigenvalue weighted by Crippen LogP contribution is 2.31. The van der Waals surface area contributed by atoms with Gasteiger partial charge in [0.15, 0.2) is 0 Å².